The van der Waals surface area contributed by atoms with Crippen LogP contribution in [-0.2, 0) is 9.53 Å². The van der Waals surface area contributed by atoms with E-state index in [1.54, 1.807) is 4.90 Å². The number of hydrogen-bond donors (Lipinski definition) is 2. The number of carbonyl (C=O) groups is 2. The third kappa shape index (κ3) is 5.77. The van der Waals surface area contributed by atoms with Crippen LogP contribution in [0.25, 0.3) is 0 Å². The topological polar surface area (TPSA) is 87.9 Å². The fraction of sp³-hybridized carbons (Fsp3) is 0.529. The minimum absolute atomic E-state index is 0.0509. The van der Waals surface area contributed by atoms with Crippen molar-refractivity contribution < 1.29 is 18.7 Å². The molecule has 1 fully saturated rings. The summed E-state index contributed by atoms with van der Waals surface area (Å²) in [6.07, 6.45) is 0. The Labute approximate surface area is 146 Å². The van der Waals surface area contributed by atoms with E-state index >= 15 is 0 Å². The van der Waals surface area contributed by atoms with Gasteiger partial charge in [0.1, 0.15) is 11.9 Å². The molecule has 0 bridgehead atoms. The highest BCUT2D eigenvalue weighted by Crippen LogP contribution is 2.06. The molecule has 7 nitrogen and oxygen atoms in total. The average Bonchev–Trinajstić information content (AvgIpc) is 2.61. The van der Waals surface area contributed by atoms with Gasteiger partial charge in [-0.05, 0) is 31.3 Å². The molecule has 1 heterocycles. The van der Waals surface area contributed by atoms with Gasteiger partial charge in [0.2, 0.25) is 5.91 Å². The maximum absolute atomic E-state index is 13.0. The van der Waals surface area contributed by atoms with Crippen LogP contribution in [-0.4, -0.2) is 80.6 Å². The van der Waals surface area contributed by atoms with E-state index in [-0.39, 0.29) is 18.1 Å². The van der Waals surface area contributed by atoms with Gasteiger partial charge in [0.05, 0.1) is 13.2 Å². The lowest BCUT2D eigenvalue weighted by Crippen LogP contribution is -2.55. The van der Waals surface area contributed by atoms with Crippen LogP contribution in [0, 0.1) is 5.82 Å². The van der Waals surface area contributed by atoms with Crippen molar-refractivity contribution in [3.8, 4) is 0 Å². The molecule has 8 heteroatoms. The fourth-order valence-electron chi connectivity index (χ4n) is 2.55. The van der Waals surface area contributed by atoms with Crippen LogP contribution in [0.3, 0.4) is 0 Å². The van der Waals surface area contributed by atoms with Crippen LogP contribution in [0.4, 0.5) is 4.39 Å². The predicted octanol–water partition coefficient (Wildman–Crippen LogP) is -0.327. The Morgan fingerprint density at radius 1 is 1.24 bits per heavy atom. The molecule has 1 aromatic rings. The van der Waals surface area contributed by atoms with Crippen molar-refractivity contribution in [2.75, 3.05) is 53.0 Å². The summed E-state index contributed by atoms with van der Waals surface area (Å²) in [5.41, 5.74) is 5.70. The summed E-state index contributed by atoms with van der Waals surface area (Å²) in [4.78, 5) is 29.0. The molecule has 1 saturated heterocycles. The third-order valence-electron chi connectivity index (χ3n) is 4.07. The first-order valence-electron chi connectivity index (χ1n) is 8.33. The predicted molar refractivity (Wildman–Crippen MR) is 91.6 cm³/mol. The van der Waals surface area contributed by atoms with Crippen molar-refractivity contribution in [1.29, 1.82) is 0 Å². The summed E-state index contributed by atoms with van der Waals surface area (Å²) in [7, 11) is 2.00. The number of nitrogens with two attached hydrogens (primary N) is 1. The number of likely N-dealkylation sites (N-methyl/N-ethyl adjacent to an activating group) is 1. The Bertz CT molecular complexity index is 574. The Morgan fingerprint density at radius 2 is 1.88 bits per heavy atom. The normalized spacial score (nSPS) is 16.5. The van der Waals surface area contributed by atoms with Gasteiger partial charge >= 0.3 is 0 Å². The van der Waals surface area contributed by atoms with Crippen molar-refractivity contribution in [2.45, 2.75) is 6.04 Å². The van der Waals surface area contributed by atoms with Gasteiger partial charge in [0.25, 0.3) is 5.91 Å². The second-order valence-corrected chi connectivity index (χ2v) is 6.03. The first-order valence-corrected chi connectivity index (χ1v) is 8.33. The second kappa shape index (κ2) is 9.45. The van der Waals surface area contributed by atoms with E-state index < -0.39 is 17.8 Å². The number of amides is 2. The summed E-state index contributed by atoms with van der Waals surface area (Å²) >= 11 is 0. The van der Waals surface area contributed by atoms with Crippen LogP contribution in [0.5, 0.6) is 0 Å². The number of rotatable bonds is 7. The SMILES string of the molecule is CN1CCN(C(=O)[C@H](COCCN)NC(=O)c2ccc(F)cc2)CC1. The number of nitrogens with zero attached hydrogens (tertiary/aromatic N) is 2. The highest BCUT2D eigenvalue weighted by molar-refractivity contribution is 5.97. The Morgan fingerprint density at radius 3 is 2.48 bits per heavy atom. The first kappa shape index (κ1) is 19.3. The van der Waals surface area contributed by atoms with E-state index in [1.807, 2.05) is 7.05 Å². The zero-order valence-corrected chi connectivity index (χ0v) is 14.4. The largest absolute Gasteiger partial charge is 0.377 e. The molecular formula is C17H25FN4O3. The number of hydrogen-bond acceptors (Lipinski definition) is 5. The highest BCUT2D eigenvalue weighted by Gasteiger charge is 2.28. The van der Waals surface area contributed by atoms with Gasteiger partial charge in [-0.15, -0.1) is 0 Å². The quantitative estimate of drug-likeness (QED) is 0.657. The molecule has 0 spiro atoms. The number of benzene rings is 1. The number of halogens is 1. The van der Waals surface area contributed by atoms with Crippen molar-refractivity contribution in [1.82, 2.24) is 15.1 Å². The van der Waals surface area contributed by atoms with E-state index in [0.717, 1.165) is 13.1 Å². The molecule has 1 atom stereocenters. The van der Waals surface area contributed by atoms with Gasteiger partial charge < -0.3 is 25.6 Å². The zero-order chi connectivity index (χ0) is 18.2. The van der Waals surface area contributed by atoms with Crippen molar-refractivity contribution >= 4 is 11.8 Å². The van der Waals surface area contributed by atoms with E-state index in [2.05, 4.69) is 10.2 Å². The molecule has 2 amide bonds. The summed E-state index contributed by atoms with van der Waals surface area (Å²) in [5, 5.41) is 2.69. The van der Waals surface area contributed by atoms with Crippen LogP contribution < -0.4 is 11.1 Å². The van der Waals surface area contributed by atoms with Gasteiger partial charge in [-0.1, -0.05) is 0 Å². The first-order chi connectivity index (χ1) is 12.0. The molecule has 1 aromatic carbocycles. The highest BCUT2D eigenvalue weighted by atomic mass is 19.1. The number of nitrogens with one attached hydrogen (secondary N) is 1. The van der Waals surface area contributed by atoms with Gasteiger partial charge in [-0.3, -0.25) is 9.59 Å². The van der Waals surface area contributed by atoms with Gasteiger partial charge in [-0.2, -0.15) is 0 Å². The minimum atomic E-state index is -0.799. The number of piperazine rings is 1. The summed E-state index contributed by atoms with van der Waals surface area (Å²) in [6.45, 7) is 3.47. The maximum Gasteiger partial charge on any atom is 0.251 e. The van der Waals surface area contributed by atoms with E-state index in [1.165, 1.54) is 24.3 Å². The average molecular weight is 352 g/mol. The smallest absolute Gasteiger partial charge is 0.251 e. The van der Waals surface area contributed by atoms with E-state index in [9.17, 15) is 14.0 Å². The molecule has 2 rings (SSSR count). The van der Waals surface area contributed by atoms with Gasteiger partial charge in [-0.25, -0.2) is 4.39 Å². The minimum Gasteiger partial charge on any atom is -0.377 e. The third-order valence-corrected chi connectivity index (χ3v) is 4.07. The number of carbonyl (C=O) groups excluding carboxylic acids is 2. The lowest BCUT2D eigenvalue weighted by atomic mass is 10.1. The molecule has 25 heavy (non-hydrogen) atoms. The van der Waals surface area contributed by atoms with Crippen LogP contribution in [0.2, 0.25) is 0 Å². The Kier molecular flexibility index (Phi) is 7.30. The molecule has 0 saturated carbocycles. The molecule has 0 aromatic heterocycles. The van der Waals surface area contributed by atoms with Gasteiger partial charge in [0, 0.05) is 38.3 Å². The van der Waals surface area contributed by atoms with E-state index in [0.29, 0.717) is 26.2 Å². The Balaban J connectivity index is 2.02. The maximum atomic E-state index is 13.0. The molecule has 1 aliphatic rings. The van der Waals surface area contributed by atoms with Crippen molar-refractivity contribution in [3.05, 3.63) is 35.6 Å². The number of ether oxygens (including phenoxy) is 1. The zero-order valence-electron chi connectivity index (χ0n) is 14.4. The molecular weight excluding hydrogens is 327 g/mol. The lowest BCUT2D eigenvalue weighted by Gasteiger charge is -2.34. The molecule has 0 unspecified atom stereocenters. The van der Waals surface area contributed by atoms with Crippen molar-refractivity contribution in [2.24, 2.45) is 5.73 Å². The monoisotopic (exact) mass is 352 g/mol. The van der Waals surface area contributed by atoms with Gasteiger partial charge in [0.15, 0.2) is 0 Å². The molecule has 0 aliphatic carbocycles. The lowest BCUT2D eigenvalue weighted by molar-refractivity contribution is -0.136. The molecule has 0 radical (unpaired) electrons. The summed E-state index contributed by atoms with van der Waals surface area (Å²) < 4.78 is 18.4. The van der Waals surface area contributed by atoms with E-state index in [4.69, 9.17) is 10.5 Å². The molecule has 138 valence electrons. The Hall–Kier alpha value is -2.03. The van der Waals surface area contributed by atoms with Crippen LogP contribution >= 0.6 is 0 Å². The molecule has 3 N–H and O–H groups in total. The fourth-order valence-corrected chi connectivity index (χ4v) is 2.55. The second-order valence-electron chi connectivity index (χ2n) is 6.03. The van der Waals surface area contributed by atoms with Crippen LogP contribution in [0.1, 0.15) is 10.4 Å². The summed E-state index contributed by atoms with van der Waals surface area (Å²) in [6, 6.07) is 4.37. The molecule has 1 aliphatic heterocycles. The van der Waals surface area contributed by atoms with Crippen LogP contribution in [0.15, 0.2) is 24.3 Å². The van der Waals surface area contributed by atoms with Crippen molar-refractivity contribution in [3.63, 3.8) is 0 Å². The standard InChI is InChI=1S/C17H25FN4O3/c1-21-7-9-22(10-8-21)17(24)15(12-25-11-6-19)20-16(23)13-2-4-14(18)5-3-13/h2-5,15H,6-12,19H2,1H3,(H,20,23)/t15-/m0/s1. The summed E-state index contributed by atoms with van der Waals surface area (Å²) in [5.74, 6) is -1.04.